The van der Waals surface area contributed by atoms with Crippen LogP contribution < -0.4 is 16.0 Å². The van der Waals surface area contributed by atoms with Crippen molar-refractivity contribution in [1.82, 2.24) is 20.9 Å². The van der Waals surface area contributed by atoms with Crippen molar-refractivity contribution in [1.29, 1.82) is 0 Å². The molecular formula is C22H39N5O2. The van der Waals surface area contributed by atoms with E-state index >= 15 is 0 Å². The van der Waals surface area contributed by atoms with Crippen LogP contribution in [-0.4, -0.2) is 47.8 Å². The molecule has 1 rings (SSSR count). The summed E-state index contributed by atoms with van der Waals surface area (Å²) >= 11 is 0. The lowest BCUT2D eigenvalue weighted by Crippen LogP contribution is -2.49. The van der Waals surface area contributed by atoms with Crippen LogP contribution in [0.5, 0.6) is 0 Å². The van der Waals surface area contributed by atoms with Crippen molar-refractivity contribution >= 4 is 12.1 Å². The highest BCUT2D eigenvalue weighted by Gasteiger charge is 2.24. The number of ether oxygens (including phenoxy) is 1. The van der Waals surface area contributed by atoms with Gasteiger partial charge in [-0.25, -0.2) is 4.79 Å². The minimum atomic E-state index is -0.536. The van der Waals surface area contributed by atoms with E-state index in [1.54, 1.807) is 6.20 Å². The molecule has 1 aromatic heterocycles. The van der Waals surface area contributed by atoms with Crippen molar-refractivity contribution in [3.05, 3.63) is 30.1 Å². The molecule has 0 saturated carbocycles. The first-order valence-corrected chi connectivity index (χ1v) is 10.4. The van der Waals surface area contributed by atoms with Crippen LogP contribution in [0.15, 0.2) is 29.5 Å². The van der Waals surface area contributed by atoms with Crippen molar-refractivity contribution in [2.45, 2.75) is 72.4 Å². The highest BCUT2D eigenvalue weighted by atomic mass is 16.6. The molecule has 1 heterocycles. The predicted octanol–water partition coefficient (Wildman–Crippen LogP) is 3.68. The quantitative estimate of drug-likeness (QED) is 0.454. The molecule has 0 bridgehead atoms. The second-order valence-electron chi connectivity index (χ2n) is 9.22. The molecule has 7 heteroatoms. The molecule has 1 unspecified atom stereocenters. The van der Waals surface area contributed by atoms with Gasteiger partial charge in [-0.2, -0.15) is 0 Å². The predicted molar refractivity (Wildman–Crippen MR) is 119 cm³/mol. The van der Waals surface area contributed by atoms with Crippen LogP contribution >= 0.6 is 0 Å². The molecular weight excluding hydrogens is 366 g/mol. The topological polar surface area (TPSA) is 87.6 Å². The second kappa shape index (κ2) is 11.0. The number of hydrogen-bond donors (Lipinski definition) is 3. The van der Waals surface area contributed by atoms with Gasteiger partial charge in [-0.1, -0.05) is 19.9 Å². The molecule has 0 saturated heterocycles. The molecule has 0 spiro atoms. The fraction of sp³-hybridized carbons (Fsp3) is 0.682. The third-order valence-electron chi connectivity index (χ3n) is 4.22. The average Bonchev–Trinajstić information content (AvgIpc) is 2.58. The average molecular weight is 406 g/mol. The summed E-state index contributed by atoms with van der Waals surface area (Å²) in [5, 5.41) is 9.59. The Labute approximate surface area is 176 Å². The molecule has 0 aromatic carbocycles. The normalized spacial score (nSPS) is 13.8. The van der Waals surface area contributed by atoms with Crippen LogP contribution in [0.3, 0.4) is 0 Å². The lowest BCUT2D eigenvalue weighted by Gasteiger charge is -2.28. The van der Waals surface area contributed by atoms with Crippen molar-refractivity contribution in [3.8, 4) is 0 Å². The molecule has 7 nitrogen and oxygen atoms in total. The summed E-state index contributed by atoms with van der Waals surface area (Å²) in [6.07, 6.45) is 3.27. The first kappa shape index (κ1) is 24.7. The number of alkyl carbamates (subject to hydrolysis) is 1. The molecule has 1 amide bonds. The first-order valence-electron chi connectivity index (χ1n) is 10.4. The van der Waals surface area contributed by atoms with Gasteiger partial charge in [-0.05, 0) is 59.1 Å². The maximum atomic E-state index is 12.1. The number of pyridine rings is 1. The Morgan fingerprint density at radius 1 is 1.21 bits per heavy atom. The maximum Gasteiger partial charge on any atom is 0.408 e. The maximum absolute atomic E-state index is 12.1. The lowest BCUT2D eigenvalue weighted by atomic mass is 9.89. The Balaban J connectivity index is 2.75. The Morgan fingerprint density at radius 2 is 1.90 bits per heavy atom. The standard InChI is InChI=1S/C22H39N5O2/c1-9-24-19(25-14-18(16(2)3)17-11-10-12-23-13-17)26-15-22(7,8)27-20(28)29-21(4,5)6/h10-13,16,18H,9,14-15H2,1-8H3,(H,27,28)(H2,24,25,26). The number of aliphatic imine (C=N–C) groups is 1. The molecule has 0 aliphatic heterocycles. The van der Waals surface area contributed by atoms with E-state index in [2.05, 4.69) is 45.8 Å². The molecule has 0 fully saturated rings. The monoisotopic (exact) mass is 405 g/mol. The van der Waals surface area contributed by atoms with Gasteiger partial charge in [0.1, 0.15) is 5.60 Å². The number of nitrogens with zero attached hydrogens (tertiary/aromatic N) is 2. The smallest absolute Gasteiger partial charge is 0.408 e. The highest BCUT2D eigenvalue weighted by molar-refractivity contribution is 5.80. The number of carbonyl (C=O) groups excluding carboxylic acids is 1. The van der Waals surface area contributed by atoms with E-state index < -0.39 is 17.2 Å². The number of guanidine groups is 1. The highest BCUT2D eigenvalue weighted by Crippen LogP contribution is 2.22. The van der Waals surface area contributed by atoms with Crippen molar-refractivity contribution in [2.24, 2.45) is 10.9 Å². The fourth-order valence-corrected chi connectivity index (χ4v) is 2.78. The van der Waals surface area contributed by atoms with E-state index in [0.717, 1.165) is 19.0 Å². The SMILES string of the molecule is CCNC(=NCC(C)(C)NC(=O)OC(C)(C)C)NCC(c1cccnc1)C(C)C. The van der Waals surface area contributed by atoms with E-state index in [1.165, 1.54) is 5.56 Å². The zero-order valence-electron chi connectivity index (χ0n) is 19.3. The van der Waals surface area contributed by atoms with Gasteiger partial charge in [0.05, 0.1) is 12.1 Å². The largest absolute Gasteiger partial charge is 0.444 e. The molecule has 0 radical (unpaired) electrons. The molecule has 1 aromatic rings. The van der Waals surface area contributed by atoms with Crippen LogP contribution in [0.4, 0.5) is 4.79 Å². The summed E-state index contributed by atoms with van der Waals surface area (Å²) < 4.78 is 5.35. The number of amides is 1. The summed E-state index contributed by atoms with van der Waals surface area (Å²) in [7, 11) is 0. The van der Waals surface area contributed by atoms with Crippen molar-refractivity contribution in [2.75, 3.05) is 19.6 Å². The van der Waals surface area contributed by atoms with E-state index in [4.69, 9.17) is 4.74 Å². The molecule has 1 atom stereocenters. The Bertz CT molecular complexity index is 651. The third-order valence-corrected chi connectivity index (χ3v) is 4.22. The summed E-state index contributed by atoms with van der Waals surface area (Å²) in [4.78, 5) is 21.0. The van der Waals surface area contributed by atoms with Crippen LogP contribution in [0.25, 0.3) is 0 Å². The Hall–Kier alpha value is -2.31. The van der Waals surface area contributed by atoms with Crippen molar-refractivity contribution < 1.29 is 9.53 Å². The minimum Gasteiger partial charge on any atom is -0.444 e. The zero-order chi connectivity index (χ0) is 22.1. The molecule has 29 heavy (non-hydrogen) atoms. The second-order valence-corrected chi connectivity index (χ2v) is 9.22. The van der Waals surface area contributed by atoms with Gasteiger partial charge >= 0.3 is 6.09 Å². The van der Waals surface area contributed by atoms with E-state index in [0.29, 0.717) is 18.4 Å². The number of carbonyl (C=O) groups is 1. The van der Waals surface area contributed by atoms with Gasteiger partial charge < -0.3 is 20.7 Å². The number of nitrogens with one attached hydrogen (secondary N) is 3. The number of hydrogen-bond acceptors (Lipinski definition) is 4. The van der Waals surface area contributed by atoms with Crippen LogP contribution in [0.1, 0.15) is 66.9 Å². The van der Waals surface area contributed by atoms with E-state index in [-0.39, 0.29) is 0 Å². The summed E-state index contributed by atoms with van der Waals surface area (Å²) in [6.45, 7) is 17.7. The first-order chi connectivity index (χ1) is 13.4. The molecule has 164 valence electrons. The fourth-order valence-electron chi connectivity index (χ4n) is 2.78. The van der Waals surface area contributed by atoms with Gasteiger partial charge in [-0.15, -0.1) is 0 Å². The minimum absolute atomic E-state index is 0.320. The molecule has 0 aliphatic carbocycles. The van der Waals surface area contributed by atoms with Gasteiger partial charge in [0, 0.05) is 31.4 Å². The number of aromatic nitrogens is 1. The summed E-state index contributed by atoms with van der Waals surface area (Å²) in [5.74, 6) is 1.50. The zero-order valence-corrected chi connectivity index (χ0v) is 19.3. The van der Waals surface area contributed by atoms with Gasteiger partial charge in [0.15, 0.2) is 5.96 Å². The Morgan fingerprint density at radius 3 is 2.41 bits per heavy atom. The molecule has 3 N–H and O–H groups in total. The third kappa shape index (κ3) is 10.1. The number of rotatable bonds is 8. The summed E-state index contributed by atoms with van der Waals surface area (Å²) in [5.41, 5.74) is 0.140. The van der Waals surface area contributed by atoms with Crippen molar-refractivity contribution in [3.63, 3.8) is 0 Å². The lowest BCUT2D eigenvalue weighted by molar-refractivity contribution is 0.0476. The van der Waals surface area contributed by atoms with E-state index in [9.17, 15) is 4.79 Å². The van der Waals surface area contributed by atoms with Gasteiger partial charge in [-0.3, -0.25) is 9.98 Å². The van der Waals surface area contributed by atoms with Gasteiger partial charge in [0.2, 0.25) is 0 Å². The molecule has 0 aliphatic rings. The van der Waals surface area contributed by atoms with E-state index in [1.807, 2.05) is 53.8 Å². The van der Waals surface area contributed by atoms with Crippen LogP contribution in [0.2, 0.25) is 0 Å². The van der Waals surface area contributed by atoms with Gasteiger partial charge in [0.25, 0.3) is 0 Å². The van der Waals surface area contributed by atoms with Crippen LogP contribution in [0, 0.1) is 5.92 Å². The van der Waals surface area contributed by atoms with Crippen LogP contribution in [-0.2, 0) is 4.74 Å². The summed E-state index contributed by atoms with van der Waals surface area (Å²) in [6, 6.07) is 4.08. The Kier molecular flexibility index (Phi) is 9.40.